The molecular weight excluding hydrogens is 282 g/mol. The van der Waals surface area contributed by atoms with Crippen molar-refractivity contribution in [1.29, 1.82) is 0 Å². The minimum atomic E-state index is 0.452. The Morgan fingerprint density at radius 2 is 1.67 bits per heavy atom. The normalized spacial score (nSPS) is 11.3. The zero-order chi connectivity index (χ0) is 14.2. The van der Waals surface area contributed by atoms with Crippen LogP contribution in [0.5, 0.6) is 0 Å². The first-order chi connectivity index (χ1) is 10.4. The fraction of sp³-hybridized carbons (Fsp3) is 0.0588. The molecule has 0 aliphatic carbocycles. The standard InChI is InChI=1S/C17H12ClN3/c18-9-13-10-19-17(15-7-3-2-6-14(13)15)21-16-8-4-1-5-12(16)11-20-21/h1-8,10-11H,9H2. The molecule has 0 N–H and O–H groups in total. The number of benzene rings is 2. The van der Waals surface area contributed by atoms with Crippen molar-refractivity contribution in [2.45, 2.75) is 5.88 Å². The highest BCUT2D eigenvalue weighted by atomic mass is 35.5. The molecule has 2 aromatic carbocycles. The van der Waals surface area contributed by atoms with E-state index in [2.05, 4.69) is 22.2 Å². The molecule has 2 heterocycles. The van der Waals surface area contributed by atoms with Crippen LogP contribution in [0.25, 0.3) is 27.5 Å². The van der Waals surface area contributed by atoms with E-state index in [1.54, 1.807) is 0 Å². The lowest BCUT2D eigenvalue weighted by Gasteiger charge is -2.09. The van der Waals surface area contributed by atoms with Gasteiger partial charge in [0.15, 0.2) is 5.82 Å². The van der Waals surface area contributed by atoms with Crippen molar-refractivity contribution in [1.82, 2.24) is 14.8 Å². The van der Waals surface area contributed by atoms with Gasteiger partial charge in [0.05, 0.1) is 11.7 Å². The van der Waals surface area contributed by atoms with E-state index in [0.717, 1.165) is 33.1 Å². The number of rotatable bonds is 2. The van der Waals surface area contributed by atoms with E-state index in [1.165, 1.54) is 0 Å². The Hall–Kier alpha value is -2.39. The molecule has 0 saturated heterocycles. The van der Waals surface area contributed by atoms with Gasteiger partial charge in [-0.1, -0.05) is 42.5 Å². The van der Waals surface area contributed by atoms with Crippen LogP contribution in [-0.2, 0) is 5.88 Å². The van der Waals surface area contributed by atoms with Crippen molar-refractivity contribution in [3.05, 3.63) is 66.5 Å². The number of para-hydroxylation sites is 1. The summed E-state index contributed by atoms with van der Waals surface area (Å²) in [5.41, 5.74) is 2.08. The number of fused-ring (bicyclic) bond motifs is 2. The molecule has 0 atom stereocenters. The van der Waals surface area contributed by atoms with Crippen molar-refractivity contribution in [2.24, 2.45) is 0 Å². The lowest BCUT2D eigenvalue weighted by atomic mass is 10.1. The Morgan fingerprint density at radius 1 is 0.905 bits per heavy atom. The molecule has 0 unspecified atom stereocenters. The van der Waals surface area contributed by atoms with E-state index >= 15 is 0 Å². The predicted molar refractivity (Wildman–Crippen MR) is 85.9 cm³/mol. The maximum atomic E-state index is 6.02. The highest BCUT2D eigenvalue weighted by Crippen LogP contribution is 2.26. The summed E-state index contributed by atoms with van der Waals surface area (Å²) in [6.07, 6.45) is 3.70. The van der Waals surface area contributed by atoms with E-state index in [-0.39, 0.29) is 0 Å². The van der Waals surface area contributed by atoms with Crippen LogP contribution in [0.4, 0.5) is 0 Å². The van der Waals surface area contributed by atoms with Crippen LogP contribution in [-0.4, -0.2) is 14.8 Å². The molecule has 102 valence electrons. The summed E-state index contributed by atoms with van der Waals surface area (Å²) in [4.78, 5) is 4.59. The summed E-state index contributed by atoms with van der Waals surface area (Å²) in [7, 11) is 0. The highest BCUT2D eigenvalue weighted by Gasteiger charge is 2.11. The van der Waals surface area contributed by atoms with Gasteiger partial charge in [0.25, 0.3) is 0 Å². The Kier molecular flexibility index (Phi) is 2.86. The van der Waals surface area contributed by atoms with Crippen LogP contribution in [0.3, 0.4) is 0 Å². The summed E-state index contributed by atoms with van der Waals surface area (Å²) in [6, 6.07) is 16.3. The highest BCUT2D eigenvalue weighted by molar-refractivity contribution is 6.18. The number of halogens is 1. The summed E-state index contributed by atoms with van der Waals surface area (Å²) >= 11 is 6.02. The lowest BCUT2D eigenvalue weighted by molar-refractivity contribution is 0.882. The molecule has 0 bridgehead atoms. The minimum Gasteiger partial charge on any atom is -0.236 e. The second-order valence-electron chi connectivity index (χ2n) is 4.90. The molecule has 0 aliphatic heterocycles. The minimum absolute atomic E-state index is 0.452. The topological polar surface area (TPSA) is 30.7 Å². The first kappa shape index (κ1) is 12.4. The average Bonchev–Trinajstić information content (AvgIpc) is 2.98. The van der Waals surface area contributed by atoms with Gasteiger partial charge in [-0.3, -0.25) is 0 Å². The van der Waals surface area contributed by atoms with Gasteiger partial charge in [-0.25, -0.2) is 9.67 Å². The summed E-state index contributed by atoms with van der Waals surface area (Å²) < 4.78 is 1.88. The summed E-state index contributed by atoms with van der Waals surface area (Å²) in [5.74, 6) is 1.29. The molecule has 3 nitrogen and oxygen atoms in total. The zero-order valence-electron chi connectivity index (χ0n) is 11.2. The third kappa shape index (κ3) is 1.89. The maximum Gasteiger partial charge on any atom is 0.161 e. The van der Waals surface area contributed by atoms with E-state index in [1.807, 2.05) is 53.5 Å². The summed E-state index contributed by atoms with van der Waals surface area (Å²) in [6.45, 7) is 0. The van der Waals surface area contributed by atoms with Gasteiger partial charge >= 0.3 is 0 Å². The number of pyridine rings is 1. The van der Waals surface area contributed by atoms with Crippen molar-refractivity contribution in [2.75, 3.05) is 0 Å². The number of hydrogen-bond acceptors (Lipinski definition) is 2. The van der Waals surface area contributed by atoms with Gasteiger partial charge < -0.3 is 0 Å². The molecule has 0 amide bonds. The molecule has 4 heteroatoms. The van der Waals surface area contributed by atoms with Gasteiger partial charge in [0, 0.05) is 22.8 Å². The number of aromatic nitrogens is 3. The molecule has 0 fully saturated rings. The molecular formula is C17H12ClN3. The number of hydrogen-bond donors (Lipinski definition) is 0. The van der Waals surface area contributed by atoms with Gasteiger partial charge in [-0.15, -0.1) is 11.6 Å². The third-order valence-electron chi connectivity index (χ3n) is 3.68. The van der Waals surface area contributed by atoms with Crippen LogP contribution < -0.4 is 0 Å². The second-order valence-corrected chi connectivity index (χ2v) is 5.17. The lowest BCUT2D eigenvalue weighted by Crippen LogP contribution is -2.01. The molecule has 0 saturated carbocycles. The Balaban J connectivity index is 2.07. The first-order valence-corrected chi connectivity index (χ1v) is 7.27. The van der Waals surface area contributed by atoms with Gasteiger partial charge in [-0.05, 0) is 17.0 Å². The second kappa shape index (κ2) is 4.86. The quantitative estimate of drug-likeness (QED) is 0.516. The van der Waals surface area contributed by atoms with Crippen molar-refractivity contribution < 1.29 is 0 Å². The van der Waals surface area contributed by atoms with E-state index < -0.39 is 0 Å². The Morgan fingerprint density at radius 3 is 2.52 bits per heavy atom. The van der Waals surface area contributed by atoms with Crippen molar-refractivity contribution in [3.8, 4) is 5.82 Å². The van der Waals surface area contributed by atoms with Crippen LogP contribution in [0.1, 0.15) is 5.56 Å². The zero-order valence-corrected chi connectivity index (χ0v) is 12.0. The van der Waals surface area contributed by atoms with Crippen LogP contribution in [0.2, 0.25) is 0 Å². The average molecular weight is 294 g/mol. The largest absolute Gasteiger partial charge is 0.236 e. The van der Waals surface area contributed by atoms with Crippen molar-refractivity contribution in [3.63, 3.8) is 0 Å². The fourth-order valence-corrected chi connectivity index (χ4v) is 2.87. The van der Waals surface area contributed by atoms with Gasteiger partial charge in [-0.2, -0.15) is 5.10 Å². The summed E-state index contributed by atoms with van der Waals surface area (Å²) in [5, 5.41) is 7.78. The fourth-order valence-electron chi connectivity index (χ4n) is 2.65. The van der Waals surface area contributed by atoms with Crippen LogP contribution >= 0.6 is 11.6 Å². The molecule has 21 heavy (non-hydrogen) atoms. The van der Waals surface area contributed by atoms with E-state index in [4.69, 9.17) is 11.6 Å². The predicted octanol–water partition coefficient (Wildman–Crippen LogP) is 4.31. The van der Waals surface area contributed by atoms with Crippen LogP contribution in [0.15, 0.2) is 60.9 Å². The van der Waals surface area contributed by atoms with E-state index in [0.29, 0.717) is 5.88 Å². The number of nitrogens with zero attached hydrogens (tertiary/aromatic N) is 3. The number of alkyl halides is 1. The Labute approximate surface area is 126 Å². The van der Waals surface area contributed by atoms with E-state index in [9.17, 15) is 0 Å². The molecule has 0 radical (unpaired) electrons. The van der Waals surface area contributed by atoms with Gasteiger partial charge in [0.2, 0.25) is 0 Å². The molecule has 0 spiro atoms. The SMILES string of the molecule is ClCc1cnc(-n2ncc3ccccc32)c2ccccc12. The first-order valence-electron chi connectivity index (χ1n) is 6.74. The molecule has 4 aromatic rings. The third-order valence-corrected chi connectivity index (χ3v) is 3.97. The molecule has 4 rings (SSSR count). The maximum absolute atomic E-state index is 6.02. The smallest absolute Gasteiger partial charge is 0.161 e. The Bertz CT molecular complexity index is 943. The molecule has 2 aromatic heterocycles. The monoisotopic (exact) mass is 293 g/mol. The van der Waals surface area contributed by atoms with Crippen LogP contribution in [0, 0.1) is 0 Å². The van der Waals surface area contributed by atoms with Gasteiger partial charge in [0.1, 0.15) is 0 Å². The van der Waals surface area contributed by atoms with Crippen molar-refractivity contribution >= 4 is 33.3 Å². The molecule has 0 aliphatic rings.